The molecule has 1 aromatic rings. The van der Waals surface area contributed by atoms with Crippen molar-refractivity contribution in [1.82, 2.24) is 14.9 Å². The molecule has 19 heavy (non-hydrogen) atoms. The highest BCUT2D eigenvalue weighted by molar-refractivity contribution is 5.89. The van der Waals surface area contributed by atoms with Crippen LogP contribution in [0.25, 0.3) is 0 Å². The van der Waals surface area contributed by atoms with Crippen molar-refractivity contribution in [3.05, 3.63) is 22.8 Å². The molecule has 0 spiro atoms. The normalized spacial score (nSPS) is 20.5. The second-order valence-electron chi connectivity index (χ2n) is 4.69. The van der Waals surface area contributed by atoms with Crippen LogP contribution in [0.15, 0.2) is 0 Å². The smallest absolute Gasteiger partial charge is 0.339 e. The van der Waals surface area contributed by atoms with Crippen LogP contribution in [0.2, 0.25) is 0 Å². The molecule has 0 radical (unpaired) electrons. The second-order valence-corrected chi connectivity index (χ2v) is 4.69. The van der Waals surface area contributed by atoms with E-state index in [0.717, 1.165) is 19.6 Å². The molecule has 1 saturated heterocycles. The molecular formula is C13H19N3O3. The average Bonchev–Trinajstić information content (AvgIpc) is 2.37. The van der Waals surface area contributed by atoms with E-state index < -0.39 is 5.97 Å². The van der Waals surface area contributed by atoms with Gasteiger partial charge in [-0.05, 0) is 20.4 Å². The van der Waals surface area contributed by atoms with Crippen molar-refractivity contribution in [2.75, 3.05) is 26.2 Å². The third-order valence-electron chi connectivity index (χ3n) is 3.39. The maximum Gasteiger partial charge on any atom is 0.339 e. The van der Waals surface area contributed by atoms with Gasteiger partial charge in [0.05, 0.1) is 18.0 Å². The van der Waals surface area contributed by atoms with Crippen LogP contribution in [0, 0.1) is 13.8 Å². The first-order valence-electron chi connectivity index (χ1n) is 6.45. The Morgan fingerprint density at radius 1 is 1.42 bits per heavy atom. The van der Waals surface area contributed by atoms with Crippen molar-refractivity contribution in [2.45, 2.75) is 26.9 Å². The zero-order valence-corrected chi connectivity index (χ0v) is 11.5. The molecule has 0 aromatic carbocycles. The zero-order chi connectivity index (χ0) is 14.0. The molecule has 1 aromatic heterocycles. The van der Waals surface area contributed by atoms with E-state index in [9.17, 15) is 4.79 Å². The SMILES string of the molecule is CCN1CCOC(c2nc(C)c(C(=O)O)c(C)n2)C1. The first-order valence-corrected chi connectivity index (χ1v) is 6.45. The lowest BCUT2D eigenvalue weighted by atomic mass is 10.1. The van der Waals surface area contributed by atoms with Crippen LogP contribution in [0.3, 0.4) is 0 Å². The summed E-state index contributed by atoms with van der Waals surface area (Å²) in [6, 6.07) is 0. The maximum absolute atomic E-state index is 11.1. The van der Waals surface area contributed by atoms with Crippen molar-refractivity contribution < 1.29 is 14.6 Å². The summed E-state index contributed by atoms with van der Waals surface area (Å²) in [5.74, 6) is -0.403. The summed E-state index contributed by atoms with van der Waals surface area (Å²) in [5, 5.41) is 9.11. The van der Waals surface area contributed by atoms with Gasteiger partial charge in [0.2, 0.25) is 0 Å². The van der Waals surface area contributed by atoms with Gasteiger partial charge in [-0.3, -0.25) is 4.90 Å². The van der Waals surface area contributed by atoms with Crippen LogP contribution in [0.1, 0.15) is 40.6 Å². The Balaban J connectivity index is 2.28. The highest BCUT2D eigenvalue weighted by Crippen LogP contribution is 2.21. The molecule has 0 bridgehead atoms. The van der Waals surface area contributed by atoms with Gasteiger partial charge >= 0.3 is 5.97 Å². The predicted molar refractivity (Wildman–Crippen MR) is 69.3 cm³/mol. The van der Waals surface area contributed by atoms with E-state index in [-0.39, 0.29) is 11.7 Å². The van der Waals surface area contributed by atoms with E-state index >= 15 is 0 Å². The highest BCUT2D eigenvalue weighted by atomic mass is 16.5. The molecule has 104 valence electrons. The number of morpholine rings is 1. The van der Waals surface area contributed by atoms with E-state index in [0.29, 0.717) is 23.8 Å². The summed E-state index contributed by atoms with van der Waals surface area (Å²) in [6.45, 7) is 8.78. The maximum atomic E-state index is 11.1. The quantitative estimate of drug-likeness (QED) is 0.884. The van der Waals surface area contributed by atoms with Gasteiger partial charge in [0.1, 0.15) is 11.7 Å². The van der Waals surface area contributed by atoms with E-state index in [2.05, 4.69) is 21.8 Å². The zero-order valence-electron chi connectivity index (χ0n) is 11.5. The second kappa shape index (κ2) is 5.63. The minimum absolute atomic E-state index is 0.172. The number of hydrogen-bond donors (Lipinski definition) is 1. The largest absolute Gasteiger partial charge is 0.478 e. The number of carbonyl (C=O) groups is 1. The van der Waals surface area contributed by atoms with Gasteiger partial charge in [-0.1, -0.05) is 6.92 Å². The number of aromatic nitrogens is 2. The van der Waals surface area contributed by atoms with Crippen LogP contribution < -0.4 is 0 Å². The number of nitrogens with zero attached hydrogens (tertiary/aromatic N) is 3. The fraction of sp³-hybridized carbons (Fsp3) is 0.615. The van der Waals surface area contributed by atoms with Gasteiger partial charge in [0.25, 0.3) is 0 Å². The van der Waals surface area contributed by atoms with Crippen molar-refractivity contribution in [1.29, 1.82) is 0 Å². The summed E-state index contributed by atoms with van der Waals surface area (Å²) in [6.07, 6.45) is -0.172. The van der Waals surface area contributed by atoms with Crippen molar-refractivity contribution >= 4 is 5.97 Å². The topological polar surface area (TPSA) is 75.5 Å². The molecule has 0 aliphatic carbocycles. The first-order chi connectivity index (χ1) is 9.02. The molecule has 1 fully saturated rings. The fourth-order valence-corrected chi connectivity index (χ4v) is 2.34. The van der Waals surface area contributed by atoms with Crippen molar-refractivity contribution in [3.8, 4) is 0 Å². The van der Waals surface area contributed by atoms with Crippen LogP contribution in [0.5, 0.6) is 0 Å². The van der Waals surface area contributed by atoms with Gasteiger partial charge in [-0.15, -0.1) is 0 Å². The Hall–Kier alpha value is -1.53. The molecule has 2 rings (SSSR count). The minimum atomic E-state index is -0.985. The lowest BCUT2D eigenvalue weighted by Crippen LogP contribution is -2.38. The molecule has 1 aliphatic heterocycles. The average molecular weight is 265 g/mol. The summed E-state index contributed by atoms with van der Waals surface area (Å²) in [5.41, 5.74) is 1.17. The molecule has 0 amide bonds. The minimum Gasteiger partial charge on any atom is -0.478 e. The molecule has 2 heterocycles. The monoisotopic (exact) mass is 265 g/mol. The lowest BCUT2D eigenvalue weighted by molar-refractivity contribution is -0.0327. The fourth-order valence-electron chi connectivity index (χ4n) is 2.34. The number of aromatic carboxylic acids is 1. The van der Waals surface area contributed by atoms with Crippen LogP contribution in [-0.4, -0.2) is 52.2 Å². The van der Waals surface area contributed by atoms with Gasteiger partial charge in [-0.25, -0.2) is 14.8 Å². The van der Waals surface area contributed by atoms with E-state index in [1.165, 1.54) is 0 Å². The summed E-state index contributed by atoms with van der Waals surface area (Å²) in [4.78, 5) is 22.0. The molecule has 1 atom stereocenters. The van der Waals surface area contributed by atoms with E-state index in [4.69, 9.17) is 9.84 Å². The Bertz CT molecular complexity index is 467. The molecular weight excluding hydrogens is 246 g/mol. The van der Waals surface area contributed by atoms with E-state index in [1.54, 1.807) is 13.8 Å². The number of carboxylic acids is 1. The number of rotatable bonds is 3. The van der Waals surface area contributed by atoms with Crippen molar-refractivity contribution in [3.63, 3.8) is 0 Å². The molecule has 6 nitrogen and oxygen atoms in total. The molecule has 1 N–H and O–H groups in total. The van der Waals surface area contributed by atoms with Crippen LogP contribution in [0.4, 0.5) is 0 Å². The first kappa shape index (κ1) is 13.9. The number of aryl methyl sites for hydroxylation is 2. The standard InChI is InChI=1S/C13H19N3O3/c1-4-16-5-6-19-10(7-16)12-14-8(2)11(13(17)18)9(3)15-12/h10H,4-7H2,1-3H3,(H,17,18). The van der Waals surface area contributed by atoms with E-state index in [1.807, 2.05) is 0 Å². The van der Waals surface area contributed by atoms with Crippen LogP contribution in [-0.2, 0) is 4.74 Å². The Kier molecular flexibility index (Phi) is 4.11. The number of ether oxygens (including phenoxy) is 1. The van der Waals surface area contributed by atoms with Gasteiger partial charge < -0.3 is 9.84 Å². The van der Waals surface area contributed by atoms with Crippen molar-refractivity contribution in [2.24, 2.45) is 0 Å². The highest BCUT2D eigenvalue weighted by Gasteiger charge is 2.25. The Morgan fingerprint density at radius 2 is 2.05 bits per heavy atom. The third kappa shape index (κ3) is 2.90. The number of likely N-dealkylation sites (N-methyl/N-ethyl adjacent to an activating group) is 1. The van der Waals surface area contributed by atoms with Gasteiger partial charge in [0.15, 0.2) is 5.82 Å². The third-order valence-corrected chi connectivity index (χ3v) is 3.39. The molecule has 1 unspecified atom stereocenters. The summed E-state index contributed by atoms with van der Waals surface area (Å²) >= 11 is 0. The number of hydrogen-bond acceptors (Lipinski definition) is 5. The summed E-state index contributed by atoms with van der Waals surface area (Å²) < 4.78 is 5.69. The summed E-state index contributed by atoms with van der Waals surface area (Å²) in [7, 11) is 0. The Labute approximate surface area is 112 Å². The van der Waals surface area contributed by atoms with Gasteiger partial charge in [-0.2, -0.15) is 0 Å². The molecule has 0 saturated carbocycles. The predicted octanol–water partition coefficient (Wildman–Crippen LogP) is 1.18. The van der Waals surface area contributed by atoms with Crippen LogP contribution >= 0.6 is 0 Å². The number of carboxylic acid groups (broad SMARTS) is 1. The van der Waals surface area contributed by atoms with Gasteiger partial charge in [0, 0.05) is 13.1 Å². The molecule has 1 aliphatic rings. The lowest BCUT2D eigenvalue weighted by Gasteiger charge is -2.31. The Morgan fingerprint density at radius 3 is 2.58 bits per heavy atom. The molecule has 6 heteroatoms.